The Hall–Kier alpha value is 0.430. The van der Waals surface area contributed by atoms with E-state index in [9.17, 15) is 0 Å². The second kappa shape index (κ2) is 10.3. The average Bonchev–Trinajstić information content (AvgIpc) is 2.57. The van der Waals surface area contributed by atoms with E-state index >= 15 is 0 Å². The Balaban J connectivity index is 1.95. The van der Waals surface area contributed by atoms with Gasteiger partial charge in [0, 0.05) is 0 Å². The molecule has 0 amide bonds. The maximum Gasteiger partial charge on any atom is -0.0207 e. The topological polar surface area (TPSA) is 0 Å². The highest BCUT2D eigenvalue weighted by Gasteiger charge is 2.32. The van der Waals surface area contributed by atoms with Crippen LogP contribution in [0.25, 0.3) is 0 Å². The summed E-state index contributed by atoms with van der Waals surface area (Å²) in [6.45, 7) is 4.81. The predicted octanol–water partition coefficient (Wildman–Crippen LogP) is 7.35. The maximum atomic E-state index is 2.45. The van der Waals surface area contributed by atoms with Crippen LogP contribution in [-0.2, 0) is 0 Å². The number of hydrogen-bond donors (Lipinski definition) is 0. The van der Waals surface area contributed by atoms with Gasteiger partial charge < -0.3 is 0 Å². The van der Waals surface area contributed by atoms with E-state index in [-0.39, 0.29) is 0 Å². The molecule has 0 N–H and O–H groups in total. The predicted molar refractivity (Wildman–Crippen MR) is 98.8 cm³/mol. The lowest BCUT2D eigenvalue weighted by Crippen LogP contribution is -2.24. The third-order valence-electron chi connectivity index (χ3n) is 6.10. The van der Waals surface area contributed by atoms with Gasteiger partial charge in [0.1, 0.15) is 0 Å². The molecule has 0 aromatic carbocycles. The summed E-state index contributed by atoms with van der Waals surface area (Å²) >= 11 is 0. The number of rotatable bonds is 8. The first-order valence-corrected chi connectivity index (χ1v) is 11.8. The summed E-state index contributed by atoms with van der Waals surface area (Å²) in [4.78, 5) is 0. The Kier molecular flexibility index (Phi) is 8.68. The van der Waals surface area contributed by atoms with E-state index in [0.29, 0.717) is 7.92 Å². The minimum atomic E-state index is 0.341. The zero-order chi connectivity index (χ0) is 14.9. The van der Waals surface area contributed by atoms with Gasteiger partial charge >= 0.3 is 0 Å². The van der Waals surface area contributed by atoms with Gasteiger partial charge in [-0.25, -0.2) is 0 Å². The molecule has 1 heteroatoms. The molecule has 0 bridgehead atoms. The molecule has 1 unspecified atom stereocenters. The molecule has 124 valence electrons. The van der Waals surface area contributed by atoms with Gasteiger partial charge in [0.2, 0.25) is 0 Å². The zero-order valence-electron chi connectivity index (χ0n) is 14.8. The van der Waals surface area contributed by atoms with Gasteiger partial charge in [-0.05, 0) is 49.1 Å². The zero-order valence-corrected chi connectivity index (χ0v) is 15.7. The molecule has 0 spiro atoms. The molecule has 2 aliphatic rings. The molecule has 0 aliphatic heterocycles. The normalized spacial score (nSPS) is 23.6. The van der Waals surface area contributed by atoms with E-state index in [0.717, 1.165) is 17.2 Å². The molecular weight excluding hydrogens is 271 g/mol. The first-order valence-electron chi connectivity index (χ1n) is 10.1. The minimum absolute atomic E-state index is 0.341. The molecule has 1 atom stereocenters. The summed E-state index contributed by atoms with van der Waals surface area (Å²) < 4.78 is 0. The first-order chi connectivity index (χ1) is 10.3. The fourth-order valence-electron chi connectivity index (χ4n) is 4.64. The second-order valence-corrected chi connectivity index (χ2v) is 10.6. The van der Waals surface area contributed by atoms with Crippen molar-refractivity contribution < 1.29 is 0 Å². The highest BCUT2D eigenvalue weighted by atomic mass is 31.1. The van der Waals surface area contributed by atoms with Crippen molar-refractivity contribution in [2.75, 3.05) is 6.16 Å². The Morgan fingerprint density at radius 2 is 1.33 bits per heavy atom. The minimum Gasteiger partial charge on any atom is -0.100 e. The van der Waals surface area contributed by atoms with Gasteiger partial charge in [0.15, 0.2) is 0 Å². The lowest BCUT2D eigenvalue weighted by atomic mass is 9.99. The summed E-state index contributed by atoms with van der Waals surface area (Å²) in [5.41, 5.74) is 2.32. The van der Waals surface area contributed by atoms with Gasteiger partial charge in [-0.2, -0.15) is 0 Å². The third kappa shape index (κ3) is 5.85. The lowest BCUT2D eigenvalue weighted by molar-refractivity contribution is 0.465. The van der Waals surface area contributed by atoms with Crippen molar-refractivity contribution in [2.24, 2.45) is 5.92 Å². The van der Waals surface area contributed by atoms with Gasteiger partial charge in [-0.3, -0.25) is 0 Å². The Morgan fingerprint density at radius 3 is 1.76 bits per heavy atom. The second-order valence-electron chi connectivity index (χ2n) is 7.70. The molecule has 0 aromatic heterocycles. The SMILES string of the molecule is CCCCC(CC)CP(C1CCCCC1)C1CCCCC1. The van der Waals surface area contributed by atoms with Crippen molar-refractivity contribution in [1.29, 1.82) is 0 Å². The molecule has 0 heterocycles. The Labute approximate surface area is 135 Å². The highest BCUT2D eigenvalue weighted by Crippen LogP contribution is 2.57. The largest absolute Gasteiger partial charge is 0.100 e. The third-order valence-corrected chi connectivity index (χ3v) is 9.95. The fraction of sp³-hybridized carbons (Fsp3) is 1.00. The van der Waals surface area contributed by atoms with E-state index in [4.69, 9.17) is 0 Å². The molecule has 0 aromatic rings. The average molecular weight is 311 g/mol. The van der Waals surface area contributed by atoms with Crippen molar-refractivity contribution in [3.8, 4) is 0 Å². The molecule has 2 aliphatic carbocycles. The molecule has 2 fully saturated rings. The van der Waals surface area contributed by atoms with Crippen LogP contribution < -0.4 is 0 Å². The quantitative estimate of drug-likeness (QED) is 0.411. The van der Waals surface area contributed by atoms with Crippen LogP contribution >= 0.6 is 7.92 Å². The van der Waals surface area contributed by atoms with E-state index in [2.05, 4.69) is 13.8 Å². The van der Waals surface area contributed by atoms with Crippen LogP contribution in [0.1, 0.15) is 104 Å². The molecule has 21 heavy (non-hydrogen) atoms. The number of unbranched alkanes of at least 4 members (excludes halogenated alkanes) is 1. The van der Waals surface area contributed by atoms with Crippen LogP contribution in [0, 0.1) is 5.92 Å². The van der Waals surface area contributed by atoms with Crippen LogP contribution in [-0.4, -0.2) is 17.5 Å². The summed E-state index contributed by atoms with van der Waals surface area (Å²) in [7, 11) is 0.341. The Bertz CT molecular complexity index is 233. The van der Waals surface area contributed by atoms with Crippen molar-refractivity contribution in [3.63, 3.8) is 0 Å². The van der Waals surface area contributed by atoms with Crippen LogP contribution in [0.2, 0.25) is 0 Å². The van der Waals surface area contributed by atoms with Crippen molar-refractivity contribution in [1.82, 2.24) is 0 Å². The molecular formula is C20H39P. The van der Waals surface area contributed by atoms with Crippen LogP contribution in [0.4, 0.5) is 0 Å². The lowest BCUT2D eigenvalue weighted by Gasteiger charge is -2.40. The molecule has 2 saturated carbocycles. The molecule has 0 radical (unpaired) electrons. The van der Waals surface area contributed by atoms with Gasteiger partial charge in [0.25, 0.3) is 0 Å². The van der Waals surface area contributed by atoms with E-state index in [1.54, 1.807) is 57.5 Å². The number of hydrogen-bond acceptors (Lipinski definition) is 0. The maximum absolute atomic E-state index is 2.45. The van der Waals surface area contributed by atoms with E-state index < -0.39 is 0 Å². The van der Waals surface area contributed by atoms with Crippen molar-refractivity contribution >= 4 is 7.92 Å². The van der Waals surface area contributed by atoms with Gasteiger partial charge in [-0.15, -0.1) is 7.92 Å². The van der Waals surface area contributed by atoms with Crippen LogP contribution in [0.5, 0.6) is 0 Å². The molecule has 0 saturated heterocycles. The molecule has 2 rings (SSSR count). The summed E-state index contributed by atoms with van der Waals surface area (Å²) in [6.07, 6.45) is 23.0. The standard InChI is InChI=1S/C20H39P/c1-3-5-12-18(4-2)17-21(19-13-8-6-9-14-19)20-15-10-7-11-16-20/h18-20H,3-17H2,1-2H3. The van der Waals surface area contributed by atoms with E-state index in [1.165, 1.54) is 38.5 Å². The summed E-state index contributed by atoms with van der Waals surface area (Å²) in [6, 6.07) is 0. The smallest absolute Gasteiger partial charge is 0.0207 e. The van der Waals surface area contributed by atoms with E-state index in [1.807, 2.05) is 0 Å². The highest BCUT2D eigenvalue weighted by molar-refractivity contribution is 7.59. The van der Waals surface area contributed by atoms with Crippen molar-refractivity contribution in [2.45, 2.75) is 115 Å². The van der Waals surface area contributed by atoms with Crippen LogP contribution in [0.3, 0.4) is 0 Å². The Morgan fingerprint density at radius 1 is 0.810 bits per heavy atom. The molecule has 0 nitrogen and oxygen atoms in total. The monoisotopic (exact) mass is 310 g/mol. The van der Waals surface area contributed by atoms with Crippen LogP contribution in [0.15, 0.2) is 0 Å². The van der Waals surface area contributed by atoms with Gasteiger partial charge in [0.05, 0.1) is 0 Å². The summed E-state index contributed by atoms with van der Waals surface area (Å²) in [5.74, 6) is 1.06. The van der Waals surface area contributed by atoms with Crippen molar-refractivity contribution in [3.05, 3.63) is 0 Å². The summed E-state index contributed by atoms with van der Waals surface area (Å²) in [5, 5.41) is 0. The van der Waals surface area contributed by atoms with Gasteiger partial charge in [-0.1, -0.05) is 78.1 Å². The fourth-order valence-corrected chi connectivity index (χ4v) is 8.92. The first kappa shape index (κ1) is 17.8.